The van der Waals surface area contributed by atoms with Crippen molar-refractivity contribution in [3.05, 3.63) is 0 Å². The molecule has 3 nitrogen and oxygen atoms in total. The summed E-state index contributed by atoms with van der Waals surface area (Å²) in [5.74, 6) is 0. The van der Waals surface area contributed by atoms with E-state index in [2.05, 4.69) is 17.1 Å². The van der Waals surface area contributed by atoms with Gasteiger partial charge in [0.25, 0.3) is 0 Å². The first-order valence-electron chi connectivity index (χ1n) is 5.29. The number of rotatable bonds is 7. The molecule has 0 heterocycles. The molecule has 84 valence electrons. The van der Waals surface area contributed by atoms with Crippen LogP contribution in [-0.4, -0.2) is 43.4 Å². The van der Waals surface area contributed by atoms with E-state index >= 15 is 0 Å². The second-order valence-corrected chi connectivity index (χ2v) is 3.59. The average molecular weight is 218 g/mol. The van der Waals surface area contributed by atoms with Gasteiger partial charge in [-0.3, -0.25) is 0 Å². The van der Waals surface area contributed by atoms with Crippen molar-refractivity contribution in [1.29, 1.82) is 0 Å². The molecule has 0 atom stereocenters. The first-order chi connectivity index (χ1) is 6.72. The van der Waals surface area contributed by atoms with Crippen molar-refractivity contribution in [1.82, 2.24) is 10.2 Å². The number of thiocarbonyl (C=S) groups is 1. The Labute approximate surface area is 92.8 Å². The van der Waals surface area contributed by atoms with Gasteiger partial charge in [0.15, 0.2) is 5.11 Å². The first-order valence-corrected chi connectivity index (χ1v) is 5.69. The highest BCUT2D eigenvalue weighted by molar-refractivity contribution is 7.80. The predicted octanol–water partition coefficient (Wildman–Crippen LogP) is 1.63. The van der Waals surface area contributed by atoms with Gasteiger partial charge in [-0.2, -0.15) is 0 Å². The van der Waals surface area contributed by atoms with Crippen molar-refractivity contribution in [2.45, 2.75) is 26.7 Å². The minimum atomic E-state index is 0.792. The highest BCUT2D eigenvalue weighted by atomic mass is 32.1. The first kappa shape index (κ1) is 13.7. The molecule has 0 saturated carbocycles. The van der Waals surface area contributed by atoms with Crippen LogP contribution in [0.25, 0.3) is 0 Å². The Morgan fingerprint density at radius 1 is 1.43 bits per heavy atom. The molecule has 1 N–H and O–H groups in total. The normalized spacial score (nSPS) is 9.93. The fourth-order valence-electron chi connectivity index (χ4n) is 1.09. The zero-order valence-corrected chi connectivity index (χ0v) is 10.3. The molecule has 0 saturated heterocycles. The van der Waals surface area contributed by atoms with Gasteiger partial charge in [0, 0.05) is 33.4 Å². The van der Waals surface area contributed by atoms with Crippen LogP contribution in [0.3, 0.4) is 0 Å². The second-order valence-electron chi connectivity index (χ2n) is 3.20. The summed E-state index contributed by atoms with van der Waals surface area (Å²) in [5, 5.41) is 4.04. The Hall–Kier alpha value is -0.350. The van der Waals surface area contributed by atoms with Crippen LogP contribution in [0.15, 0.2) is 0 Å². The van der Waals surface area contributed by atoms with Crippen LogP contribution in [0.4, 0.5) is 0 Å². The van der Waals surface area contributed by atoms with E-state index in [9.17, 15) is 0 Å². The standard InChI is InChI=1S/C10H22N2OS/c1-4-8-12(3)10(14)11-7-6-9-13-5-2/h4-9H2,1-3H3,(H,11,14). The summed E-state index contributed by atoms with van der Waals surface area (Å²) in [7, 11) is 2.02. The fourth-order valence-corrected chi connectivity index (χ4v) is 1.28. The summed E-state index contributed by atoms with van der Waals surface area (Å²) in [6.45, 7) is 7.66. The summed E-state index contributed by atoms with van der Waals surface area (Å²) < 4.78 is 5.23. The maximum absolute atomic E-state index is 5.23. The molecule has 0 radical (unpaired) electrons. The van der Waals surface area contributed by atoms with Gasteiger partial charge >= 0.3 is 0 Å². The SMILES string of the molecule is CCCN(C)C(=S)NCCCOCC. The van der Waals surface area contributed by atoms with Gasteiger partial charge in [0.2, 0.25) is 0 Å². The van der Waals surface area contributed by atoms with E-state index in [1.807, 2.05) is 14.0 Å². The van der Waals surface area contributed by atoms with Crippen LogP contribution in [0.2, 0.25) is 0 Å². The van der Waals surface area contributed by atoms with E-state index in [-0.39, 0.29) is 0 Å². The van der Waals surface area contributed by atoms with Crippen LogP contribution >= 0.6 is 12.2 Å². The third kappa shape index (κ3) is 7.09. The predicted molar refractivity (Wildman–Crippen MR) is 64.6 cm³/mol. The van der Waals surface area contributed by atoms with Crippen molar-refractivity contribution in [3.63, 3.8) is 0 Å². The molecule has 0 aliphatic rings. The van der Waals surface area contributed by atoms with Crippen LogP contribution in [0, 0.1) is 0 Å². The lowest BCUT2D eigenvalue weighted by atomic mass is 10.4. The second kappa shape index (κ2) is 9.21. The molecule has 0 unspecified atom stereocenters. The van der Waals surface area contributed by atoms with Crippen molar-refractivity contribution < 1.29 is 4.74 Å². The van der Waals surface area contributed by atoms with Gasteiger partial charge in [-0.05, 0) is 32.0 Å². The molecule has 0 spiro atoms. The number of nitrogens with one attached hydrogen (secondary N) is 1. The number of hydrogen-bond donors (Lipinski definition) is 1. The highest BCUT2D eigenvalue weighted by Gasteiger charge is 2.00. The van der Waals surface area contributed by atoms with Crippen molar-refractivity contribution in [2.24, 2.45) is 0 Å². The molecule has 0 aliphatic carbocycles. The van der Waals surface area contributed by atoms with Crippen molar-refractivity contribution in [2.75, 3.05) is 33.4 Å². The maximum atomic E-state index is 5.23. The molecule has 4 heteroatoms. The van der Waals surface area contributed by atoms with Gasteiger partial charge in [0.05, 0.1) is 0 Å². The smallest absolute Gasteiger partial charge is 0.168 e. The molecule has 0 bridgehead atoms. The topological polar surface area (TPSA) is 24.5 Å². The average Bonchev–Trinajstić information content (AvgIpc) is 2.17. The Kier molecular flexibility index (Phi) is 8.98. The Bertz CT molecular complexity index is 153. The molecule has 0 rings (SSSR count). The minimum absolute atomic E-state index is 0.792. The van der Waals surface area contributed by atoms with Crippen molar-refractivity contribution >= 4 is 17.3 Å². The van der Waals surface area contributed by atoms with Crippen LogP contribution < -0.4 is 5.32 Å². The largest absolute Gasteiger partial charge is 0.382 e. The molecule has 14 heavy (non-hydrogen) atoms. The van der Waals surface area contributed by atoms with Crippen LogP contribution in [0.5, 0.6) is 0 Å². The van der Waals surface area contributed by atoms with E-state index in [4.69, 9.17) is 17.0 Å². The summed E-state index contributed by atoms with van der Waals surface area (Å²) in [6.07, 6.45) is 2.13. The molecular weight excluding hydrogens is 196 g/mol. The van der Waals surface area contributed by atoms with E-state index in [0.717, 1.165) is 44.3 Å². The maximum Gasteiger partial charge on any atom is 0.168 e. The third-order valence-corrected chi connectivity index (χ3v) is 2.31. The summed E-state index contributed by atoms with van der Waals surface area (Å²) in [4.78, 5) is 2.07. The van der Waals surface area contributed by atoms with Gasteiger partial charge in [-0.15, -0.1) is 0 Å². The zero-order chi connectivity index (χ0) is 10.8. The lowest BCUT2D eigenvalue weighted by Crippen LogP contribution is -2.38. The molecule has 0 aromatic carbocycles. The zero-order valence-electron chi connectivity index (χ0n) is 9.51. The molecule has 0 aliphatic heterocycles. The van der Waals surface area contributed by atoms with Crippen molar-refractivity contribution in [3.8, 4) is 0 Å². The molecule has 0 aromatic heterocycles. The lowest BCUT2D eigenvalue weighted by molar-refractivity contribution is 0.145. The molecule has 0 aromatic rings. The van der Waals surface area contributed by atoms with E-state index in [0.29, 0.717) is 0 Å². The molecule has 0 amide bonds. The van der Waals surface area contributed by atoms with E-state index in [1.54, 1.807) is 0 Å². The Balaban J connectivity index is 3.34. The minimum Gasteiger partial charge on any atom is -0.382 e. The quantitative estimate of drug-likeness (QED) is 0.518. The van der Waals surface area contributed by atoms with Gasteiger partial charge in [-0.25, -0.2) is 0 Å². The van der Waals surface area contributed by atoms with Gasteiger partial charge < -0.3 is 15.0 Å². The summed E-state index contributed by atoms with van der Waals surface area (Å²) in [6, 6.07) is 0. The van der Waals surface area contributed by atoms with E-state index < -0.39 is 0 Å². The summed E-state index contributed by atoms with van der Waals surface area (Å²) >= 11 is 5.19. The monoisotopic (exact) mass is 218 g/mol. The third-order valence-electron chi connectivity index (χ3n) is 1.85. The van der Waals surface area contributed by atoms with Gasteiger partial charge in [-0.1, -0.05) is 6.92 Å². The Morgan fingerprint density at radius 2 is 2.14 bits per heavy atom. The van der Waals surface area contributed by atoms with E-state index in [1.165, 1.54) is 0 Å². The van der Waals surface area contributed by atoms with Gasteiger partial charge in [0.1, 0.15) is 0 Å². The Morgan fingerprint density at radius 3 is 2.71 bits per heavy atom. The number of nitrogens with zero attached hydrogens (tertiary/aromatic N) is 1. The molecule has 0 fully saturated rings. The number of ether oxygens (including phenoxy) is 1. The lowest BCUT2D eigenvalue weighted by Gasteiger charge is -2.20. The number of hydrogen-bond acceptors (Lipinski definition) is 2. The fraction of sp³-hybridized carbons (Fsp3) is 0.900. The highest BCUT2D eigenvalue weighted by Crippen LogP contribution is 1.88. The summed E-state index contributed by atoms with van der Waals surface area (Å²) in [5.41, 5.74) is 0. The van der Waals surface area contributed by atoms with Crippen LogP contribution in [-0.2, 0) is 4.74 Å². The molecular formula is C10H22N2OS. The van der Waals surface area contributed by atoms with Crippen LogP contribution in [0.1, 0.15) is 26.7 Å².